The van der Waals surface area contributed by atoms with Crippen LogP contribution in [0.25, 0.3) is 10.9 Å². The number of hydrogen-bond acceptors (Lipinski definition) is 4. The molecule has 0 unspecified atom stereocenters. The Hall–Kier alpha value is -2.82. The van der Waals surface area contributed by atoms with Gasteiger partial charge in [0.15, 0.2) is 11.6 Å². The lowest BCUT2D eigenvalue weighted by atomic mass is 10.1. The van der Waals surface area contributed by atoms with Gasteiger partial charge < -0.3 is 14.2 Å². The zero-order valence-electron chi connectivity index (χ0n) is 13.1. The van der Waals surface area contributed by atoms with Crippen molar-refractivity contribution in [2.75, 3.05) is 14.2 Å². The topological polar surface area (TPSA) is 40.6 Å². The zero-order chi connectivity index (χ0) is 16.4. The summed E-state index contributed by atoms with van der Waals surface area (Å²) < 4.78 is 30.4. The molecule has 0 N–H and O–H groups in total. The fourth-order valence-corrected chi connectivity index (χ4v) is 2.37. The first-order chi connectivity index (χ1) is 11.1. The molecule has 3 aromatic rings. The van der Waals surface area contributed by atoms with Crippen LogP contribution in [0.4, 0.5) is 4.39 Å². The van der Waals surface area contributed by atoms with E-state index in [-0.39, 0.29) is 5.75 Å². The van der Waals surface area contributed by atoms with Gasteiger partial charge in [-0.2, -0.15) is 0 Å². The lowest BCUT2D eigenvalue weighted by Crippen LogP contribution is -1.95. The Kier molecular flexibility index (Phi) is 4.02. The number of fused-ring (bicyclic) bond motifs is 1. The third kappa shape index (κ3) is 2.90. The van der Waals surface area contributed by atoms with Crippen molar-refractivity contribution in [1.29, 1.82) is 0 Å². The van der Waals surface area contributed by atoms with Gasteiger partial charge in [0, 0.05) is 18.3 Å². The van der Waals surface area contributed by atoms with Crippen LogP contribution in [-0.2, 0) is 0 Å². The first-order valence-electron chi connectivity index (χ1n) is 7.07. The maximum atomic E-state index is 14.0. The van der Waals surface area contributed by atoms with E-state index in [0.717, 1.165) is 5.56 Å². The monoisotopic (exact) mass is 313 g/mol. The molecule has 5 heteroatoms. The van der Waals surface area contributed by atoms with Gasteiger partial charge in [0.25, 0.3) is 0 Å². The highest BCUT2D eigenvalue weighted by atomic mass is 19.1. The van der Waals surface area contributed by atoms with Crippen LogP contribution in [0.1, 0.15) is 5.56 Å². The molecule has 23 heavy (non-hydrogen) atoms. The van der Waals surface area contributed by atoms with Crippen LogP contribution in [0.5, 0.6) is 23.0 Å². The van der Waals surface area contributed by atoms with Crippen LogP contribution >= 0.6 is 0 Å². The molecule has 0 atom stereocenters. The highest BCUT2D eigenvalue weighted by Crippen LogP contribution is 2.38. The Morgan fingerprint density at radius 3 is 2.43 bits per heavy atom. The molecule has 0 radical (unpaired) electrons. The molecule has 2 aromatic carbocycles. The summed E-state index contributed by atoms with van der Waals surface area (Å²) >= 11 is 0. The molecule has 118 valence electrons. The van der Waals surface area contributed by atoms with Crippen molar-refractivity contribution in [2.45, 2.75) is 6.92 Å². The zero-order valence-corrected chi connectivity index (χ0v) is 13.1. The predicted molar refractivity (Wildman–Crippen MR) is 86.1 cm³/mol. The molecule has 0 aliphatic carbocycles. The van der Waals surface area contributed by atoms with Gasteiger partial charge in [-0.05, 0) is 30.7 Å². The van der Waals surface area contributed by atoms with Crippen LogP contribution in [0.3, 0.4) is 0 Å². The van der Waals surface area contributed by atoms with Crippen LogP contribution in [0.2, 0.25) is 0 Å². The maximum absolute atomic E-state index is 14.0. The van der Waals surface area contributed by atoms with E-state index in [2.05, 4.69) is 4.98 Å². The van der Waals surface area contributed by atoms with Crippen molar-refractivity contribution in [3.8, 4) is 23.0 Å². The standard InChI is InChI=1S/C18H16FNO3/c1-11-4-5-15(13(19)8-11)23-16-6-7-20-14-9-12(21-2)10-17(22-3)18(14)16/h4-10H,1-3H3. The van der Waals surface area contributed by atoms with Crippen LogP contribution < -0.4 is 14.2 Å². The predicted octanol–water partition coefficient (Wildman–Crippen LogP) is 4.49. The van der Waals surface area contributed by atoms with Gasteiger partial charge in [-0.1, -0.05) is 6.07 Å². The van der Waals surface area contributed by atoms with Crippen molar-refractivity contribution >= 4 is 10.9 Å². The van der Waals surface area contributed by atoms with Gasteiger partial charge in [-0.25, -0.2) is 4.39 Å². The number of ether oxygens (including phenoxy) is 3. The van der Waals surface area contributed by atoms with Gasteiger partial charge in [-0.3, -0.25) is 4.98 Å². The molecular weight excluding hydrogens is 297 g/mol. The van der Waals surface area contributed by atoms with E-state index in [1.807, 2.05) is 6.92 Å². The molecule has 0 spiro atoms. The maximum Gasteiger partial charge on any atom is 0.165 e. The number of aryl methyl sites for hydroxylation is 1. The van der Waals surface area contributed by atoms with E-state index in [4.69, 9.17) is 14.2 Å². The largest absolute Gasteiger partial charge is 0.497 e. The molecule has 0 amide bonds. The van der Waals surface area contributed by atoms with Crippen molar-refractivity contribution in [1.82, 2.24) is 4.98 Å². The Bertz CT molecular complexity index is 864. The van der Waals surface area contributed by atoms with Crippen LogP contribution in [-0.4, -0.2) is 19.2 Å². The average Bonchev–Trinajstić information content (AvgIpc) is 2.56. The van der Waals surface area contributed by atoms with Crippen LogP contribution in [0.15, 0.2) is 42.6 Å². The summed E-state index contributed by atoms with van der Waals surface area (Å²) in [5.74, 6) is 1.39. The van der Waals surface area contributed by atoms with E-state index in [9.17, 15) is 4.39 Å². The first kappa shape index (κ1) is 15.1. The molecule has 0 aliphatic rings. The molecule has 0 saturated heterocycles. The fraction of sp³-hybridized carbons (Fsp3) is 0.167. The third-order valence-corrected chi connectivity index (χ3v) is 3.50. The highest BCUT2D eigenvalue weighted by molar-refractivity contribution is 5.92. The summed E-state index contributed by atoms with van der Waals surface area (Å²) in [7, 11) is 3.13. The molecule has 0 bridgehead atoms. The van der Waals surface area contributed by atoms with Crippen molar-refractivity contribution in [3.05, 3.63) is 54.0 Å². The SMILES string of the molecule is COc1cc(OC)c2c(Oc3ccc(C)cc3F)ccnc2c1. The third-order valence-electron chi connectivity index (χ3n) is 3.50. The number of halogens is 1. The summed E-state index contributed by atoms with van der Waals surface area (Å²) in [6, 6.07) is 10.0. The van der Waals surface area contributed by atoms with Gasteiger partial charge in [-0.15, -0.1) is 0 Å². The van der Waals surface area contributed by atoms with E-state index in [1.165, 1.54) is 6.07 Å². The van der Waals surface area contributed by atoms with E-state index in [1.54, 1.807) is 50.7 Å². The van der Waals surface area contributed by atoms with Gasteiger partial charge in [0.05, 0.1) is 25.1 Å². The van der Waals surface area contributed by atoms with E-state index < -0.39 is 5.82 Å². The van der Waals surface area contributed by atoms with Gasteiger partial charge in [0.1, 0.15) is 17.2 Å². The minimum Gasteiger partial charge on any atom is -0.497 e. The summed E-state index contributed by atoms with van der Waals surface area (Å²) in [6.45, 7) is 1.82. The number of pyridine rings is 1. The number of methoxy groups -OCH3 is 2. The first-order valence-corrected chi connectivity index (χ1v) is 7.07. The summed E-state index contributed by atoms with van der Waals surface area (Å²) in [5.41, 5.74) is 1.47. The molecule has 0 fully saturated rings. The molecule has 0 saturated carbocycles. The summed E-state index contributed by atoms with van der Waals surface area (Å²) in [4.78, 5) is 4.30. The Morgan fingerprint density at radius 1 is 0.913 bits per heavy atom. The average molecular weight is 313 g/mol. The van der Waals surface area contributed by atoms with Crippen molar-refractivity contribution in [2.24, 2.45) is 0 Å². The fourth-order valence-electron chi connectivity index (χ4n) is 2.37. The quantitative estimate of drug-likeness (QED) is 0.711. The van der Waals surface area contributed by atoms with E-state index >= 15 is 0 Å². The summed E-state index contributed by atoms with van der Waals surface area (Å²) in [5, 5.41) is 0.663. The van der Waals surface area contributed by atoms with Gasteiger partial charge >= 0.3 is 0 Å². The number of aromatic nitrogens is 1. The number of benzene rings is 2. The normalized spacial score (nSPS) is 10.6. The molecule has 1 aromatic heterocycles. The number of hydrogen-bond donors (Lipinski definition) is 0. The second kappa shape index (κ2) is 6.12. The lowest BCUT2D eigenvalue weighted by molar-refractivity contribution is 0.395. The molecule has 3 rings (SSSR count). The smallest absolute Gasteiger partial charge is 0.165 e. The summed E-state index contributed by atoms with van der Waals surface area (Å²) in [6.07, 6.45) is 1.60. The molecule has 1 heterocycles. The van der Waals surface area contributed by atoms with Crippen LogP contribution in [0, 0.1) is 12.7 Å². The molecular formula is C18H16FNO3. The Morgan fingerprint density at radius 2 is 1.74 bits per heavy atom. The second-order valence-corrected chi connectivity index (χ2v) is 5.07. The van der Waals surface area contributed by atoms with E-state index in [0.29, 0.717) is 28.2 Å². The lowest BCUT2D eigenvalue weighted by Gasteiger charge is -2.13. The Labute approximate surface area is 133 Å². The minimum atomic E-state index is -0.414. The number of rotatable bonds is 4. The second-order valence-electron chi connectivity index (χ2n) is 5.07. The van der Waals surface area contributed by atoms with Crippen molar-refractivity contribution in [3.63, 3.8) is 0 Å². The molecule has 4 nitrogen and oxygen atoms in total. The Balaban J connectivity index is 2.14. The molecule has 0 aliphatic heterocycles. The van der Waals surface area contributed by atoms with Gasteiger partial charge in [0.2, 0.25) is 0 Å². The highest BCUT2D eigenvalue weighted by Gasteiger charge is 2.14. The number of nitrogens with zero attached hydrogens (tertiary/aromatic N) is 1. The van der Waals surface area contributed by atoms with Crippen molar-refractivity contribution < 1.29 is 18.6 Å². The minimum absolute atomic E-state index is 0.154.